The van der Waals surface area contributed by atoms with Gasteiger partial charge in [0, 0.05) is 52.1 Å². The molecule has 0 bridgehead atoms. The molecule has 0 aliphatic carbocycles. The van der Waals surface area contributed by atoms with E-state index < -0.39 is 0 Å². The van der Waals surface area contributed by atoms with Crippen molar-refractivity contribution in [2.75, 3.05) is 38.6 Å². The van der Waals surface area contributed by atoms with Gasteiger partial charge in [0.1, 0.15) is 0 Å². The van der Waals surface area contributed by atoms with Crippen molar-refractivity contribution in [3.63, 3.8) is 0 Å². The van der Waals surface area contributed by atoms with Crippen LogP contribution in [-0.4, -0.2) is 49.6 Å². The third-order valence-corrected chi connectivity index (χ3v) is 5.77. The molecule has 0 spiro atoms. The molecule has 1 aliphatic rings. The molecule has 3 rings (SSSR count). The van der Waals surface area contributed by atoms with Gasteiger partial charge in [0.2, 0.25) is 0 Å². The van der Waals surface area contributed by atoms with Gasteiger partial charge < -0.3 is 15.1 Å². The lowest BCUT2D eigenvalue weighted by atomic mass is 10.1. The predicted octanol–water partition coefficient (Wildman–Crippen LogP) is 3.92. The highest BCUT2D eigenvalue weighted by molar-refractivity contribution is 14.0. The molecule has 2 aromatic rings. The number of anilines is 1. The van der Waals surface area contributed by atoms with E-state index in [9.17, 15) is 0 Å². The molecule has 1 N–H and O–H groups in total. The van der Waals surface area contributed by atoms with Crippen LogP contribution in [0.25, 0.3) is 0 Å². The standard InChI is InChI=1S/C20H29N5S.HI/c1-16-8-4-5-9-17(16)14-24(3)19(21-2)22-11-10-18-15-26-20(23-18)25-12-6-7-13-25;/h4-5,8-9,15H,6-7,10-14H2,1-3H3,(H,21,22);1H. The number of hydrogen-bond acceptors (Lipinski definition) is 4. The summed E-state index contributed by atoms with van der Waals surface area (Å²) in [6, 6.07) is 8.50. The number of halogens is 1. The minimum Gasteiger partial charge on any atom is -0.356 e. The zero-order chi connectivity index (χ0) is 18.4. The Morgan fingerprint density at radius 3 is 2.74 bits per heavy atom. The lowest BCUT2D eigenvalue weighted by Crippen LogP contribution is -2.39. The van der Waals surface area contributed by atoms with Crippen LogP contribution >= 0.6 is 35.3 Å². The van der Waals surface area contributed by atoms with Crippen molar-refractivity contribution >= 4 is 46.4 Å². The molecule has 148 valence electrons. The van der Waals surface area contributed by atoms with Crippen molar-refractivity contribution in [3.8, 4) is 0 Å². The number of hydrogen-bond donors (Lipinski definition) is 1. The number of aryl methyl sites for hydroxylation is 1. The summed E-state index contributed by atoms with van der Waals surface area (Å²) in [5.41, 5.74) is 3.81. The third kappa shape index (κ3) is 6.07. The van der Waals surface area contributed by atoms with Gasteiger partial charge in [-0.3, -0.25) is 4.99 Å². The topological polar surface area (TPSA) is 43.8 Å². The van der Waals surface area contributed by atoms with Crippen LogP contribution in [0.1, 0.15) is 29.7 Å². The van der Waals surface area contributed by atoms with E-state index in [4.69, 9.17) is 4.98 Å². The molecule has 0 radical (unpaired) electrons. The maximum atomic E-state index is 4.79. The second-order valence-electron chi connectivity index (χ2n) is 6.82. The highest BCUT2D eigenvalue weighted by Crippen LogP contribution is 2.24. The number of aromatic nitrogens is 1. The first-order valence-electron chi connectivity index (χ1n) is 9.33. The van der Waals surface area contributed by atoms with E-state index >= 15 is 0 Å². The predicted molar refractivity (Wildman–Crippen MR) is 127 cm³/mol. The summed E-state index contributed by atoms with van der Waals surface area (Å²) in [7, 11) is 3.92. The summed E-state index contributed by atoms with van der Waals surface area (Å²) < 4.78 is 0. The Labute approximate surface area is 183 Å². The second-order valence-corrected chi connectivity index (χ2v) is 7.66. The Morgan fingerprint density at radius 1 is 1.30 bits per heavy atom. The number of aliphatic imine (C=N–C) groups is 1. The van der Waals surface area contributed by atoms with Gasteiger partial charge in [0.25, 0.3) is 0 Å². The number of nitrogens with zero attached hydrogens (tertiary/aromatic N) is 4. The normalized spacial score (nSPS) is 14.2. The number of benzene rings is 1. The average Bonchev–Trinajstić information content (AvgIpc) is 3.32. The summed E-state index contributed by atoms with van der Waals surface area (Å²) in [6.45, 7) is 6.15. The van der Waals surface area contributed by atoms with Crippen molar-refractivity contribution in [2.45, 2.75) is 32.7 Å². The van der Waals surface area contributed by atoms with Crippen molar-refractivity contribution in [2.24, 2.45) is 4.99 Å². The summed E-state index contributed by atoms with van der Waals surface area (Å²) in [5, 5.41) is 6.83. The summed E-state index contributed by atoms with van der Waals surface area (Å²) >= 11 is 1.77. The smallest absolute Gasteiger partial charge is 0.193 e. The van der Waals surface area contributed by atoms with Crippen LogP contribution in [0.5, 0.6) is 0 Å². The molecule has 1 aromatic carbocycles. The summed E-state index contributed by atoms with van der Waals surface area (Å²) in [6.07, 6.45) is 3.50. The van der Waals surface area contributed by atoms with Gasteiger partial charge in [-0.15, -0.1) is 35.3 Å². The highest BCUT2D eigenvalue weighted by atomic mass is 127. The SMILES string of the molecule is CN=C(NCCc1csc(N2CCCC2)n1)N(C)Cc1ccccc1C.I. The molecule has 1 saturated heterocycles. The Morgan fingerprint density at radius 2 is 2.04 bits per heavy atom. The highest BCUT2D eigenvalue weighted by Gasteiger charge is 2.15. The Bertz CT molecular complexity index is 739. The van der Waals surface area contributed by atoms with E-state index in [1.165, 1.54) is 34.8 Å². The zero-order valence-electron chi connectivity index (χ0n) is 16.4. The Hall–Kier alpha value is -1.35. The third-order valence-electron chi connectivity index (χ3n) is 4.82. The molecule has 7 heteroatoms. The van der Waals surface area contributed by atoms with Crippen molar-refractivity contribution in [3.05, 3.63) is 46.5 Å². The van der Waals surface area contributed by atoms with Crippen LogP contribution in [-0.2, 0) is 13.0 Å². The molecule has 0 unspecified atom stereocenters. The van der Waals surface area contributed by atoms with Crippen molar-refractivity contribution in [1.82, 2.24) is 15.2 Å². The van der Waals surface area contributed by atoms with Crippen LogP contribution in [0.2, 0.25) is 0 Å². The molecule has 27 heavy (non-hydrogen) atoms. The van der Waals surface area contributed by atoms with Gasteiger partial charge in [-0.05, 0) is 30.9 Å². The molecular formula is C20H30IN5S. The Balaban J connectivity index is 0.00000261. The van der Waals surface area contributed by atoms with Crippen LogP contribution in [0.15, 0.2) is 34.6 Å². The molecule has 1 fully saturated rings. The first kappa shape index (κ1) is 21.9. The van der Waals surface area contributed by atoms with Crippen LogP contribution in [0, 0.1) is 6.92 Å². The van der Waals surface area contributed by atoms with E-state index in [-0.39, 0.29) is 24.0 Å². The van der Waals surface area contributed by atoms with Gasteiger partial charge in [-0.1, -0.05) is 24.3 Å². The van der Waals surface area contributed by atoms with E-state index in [0.29, 0.717) is 0 Å². The maximum Gasteiger partial charge on any atom is 0.193 e. The van der Waals surface area contributed by atoms with E-state index in [1.807, 2.05) is 7.05 Å². The second kappa shape index (κ2) is 10.8. The molecule has 0 amide bonds. The monoisotopic (exact) mass is 499 g/mol. The average molecular weight is 499 g/mol. The van der Waals surface area contributed by atoms with Crippen LogP contribution in [0.4, 0.5) is 5.13 Å². The fourth-order valence-electron chi connectivity index (χ4n) is 3.27. The largest absolute Gasteiger partial charge is 0.356 e. The maximum absolute atomic E-state index is 4.79. The van der Waals surface area contributed by atoms with E-state index in [2.05, 4.69) is 63.7 Å². The zero-order valence-corrected chi connectivity index (χ0v) is 19.6. The minimum absolute atomic E-state index is 0. The number of rotatable bonds is 6. The quantitative estimate of drug-likeness (QED) is 0.372. The molecule has 1 aromatic heterocycles. The van der Waals surface area contributed by atoms with Gasteiger partial charge in [-0.2, -0.15) is 0 Å². The lowest BCUT2D eigenvalue weighted by molar-refractivity contribution is 0.476. The Kier molecular flexibility index (Phi) is 8.82. The molecule has 1 aliphatic heterocycles. The van der Waals surface area contributed by atoms with Gasteiger partial charge >= 0.3 is 0 Å². The number of guanidine groups is 1. The molecular weight excluding hydrogens is 469 g/mol. The van der Waals surface area contributed by atoms with E-state index in [0.717, 1.165) is 38.6 Å². The number of nitrogens with one attached hydrogen (secondary N) is 1. The first-order chi connectivity index (χ1) is 12.7. The van der Waals surface area contributed by atoms with Crippen molar-refractivity contribution < 1.29 is 0 Å². The van der Waals surface area contributed by atoms with Crippen molar-refractivity contribution in [1.29, 1.82) is 0 Å². The fraction of sp³-hybridized carbons (Fsp3) is 0.500. The first-order valence-corrected chi connectivity index (χ1v) is 10.2. The molecule has 5 nitrogen and oxygen atoms in total. The molecule has 2 heterocycles. The van der Waals surface area contributed by atoms with Gasteiger partial charge in [0.15, 0.2) is 11.1 Å². The van der Waals surface area contributed by atoms with Crippen LogP contribution < -0.4 is 10.2 Å². The number of thiazole rings is 1. The van der Waals surface area contributed by atoms with Crippen LogP contribution in [0.3, 0.4) is 0 Å². The van der Waals surface area contributed by atoms with E-state index in [1.54, 1.807) is 11.3 Å². The minimum atomic E-state index is 0. The fourth-order valence-corrected chi connectivity index (χ4v) is 4.18. The molecule has 0 saturated carbocycles. The summed E-state index contributed by atoms with van der Waals surface area (Å²) in [4.78, 5) is 13.8. The van der Waals surface area contributed by atoms with Gasteiger partial charge in [0.05, 0.1) is 5.69 Å². The van der Waals surface area contributed by atoms with Gasteiger partial charge in [-0.25, -0.2) is 4.98 Å². The lowest BCUT2D eigenvalue weighted by Gasteiger charge is -2.23. The summed E-state index contributed by atoms with van der Waals surface area (Å²) in [5.74, 6) is 0.920. The molecule has 0 atom stereocenters.